The van der Waals surface area contributed by atoms with Crippen LogP contribution in [0.4, 0.5) is 0 Å². The van der Waals surface area contributed by atoms with Crippen molar-refractivity contribution < 1.29 is 0 Å². The quantitative estimate of drug-likeness (QED) is 0.170. The van der Waals surface area contributed by atoms with Crippen LogP contribution in [0.5, 0.6) is 0 Å². The van der Waals surface area contributed by atoms with E-state index in [1.54, 1.807) is 0 Å². The molecule has 0 aliphatic rings. The Bertz CT molecular complexity index is 3880. The number of hydrogen-bond acceptors (Lipinski definition) is 0. The lowest BCUT2D eigenvalue weighted by atomic mass is 9.96. The molecule has 0 radical (unpaired) electrons. The number of hydrogen-bond donors (Lipinski definition) is 0. The van der Waals surface area contributed by atoms with Gasteiger partial charge in [-0.05, 0) is 123 Å². The Morgan fingerprint density at radius 3 is 1.62 bits per heavy atom. The normalized spacial score (nSPS) is 12.1. The van der Waals surface area contributed by atoms with E-state index in [-0.39, 0.29) is 0 Å². The molecule has 0 unspecified atom stereocenters. The van der Waals surface area contributed by atoms with Crippen molar-refractivity contribution in [2.24, 2.45) is 7.05 Å². The summed E-state index contributed by atoms with van der Waals surface area (Å²) < 4.78 is 7.21. The molecule has 3 nitrogen and oxygen atoms in total. The first-order chi connectivity index (χ1) is 29.7. The van der Waals surface area contributed by atoms with Gasteiger partial charge in [0.15, 0.2) is 0 Å². The van der Waals surface area contributed by atoms with E-state index in [0.717, 1.165) is 11.4 Å². The summed E-state index contributed by atoms with van der Waals surface area (Å²) in [6.45, 7) is 0. The molecule has 0 saturated carbocycles. The summed E-state index contributed by atoms with van der Waals surface area (Å²) in [6.07, 6.45) is 0. The van der Waals surface area contributed by atoms with Crippen molar-refractivity contribution >= 4 is 87.0 Å². The molecular weight excluding hydrogens is 727 g/mol. The zero-order valence-electron chi connectivity index (χ0n) is 33.0. The molecular formula is C57H37N3. The van der Waals surface area contributed by atoms with Crippen LogP contribution in [0.2, 0.25) is 0 Å². The molecule has 0 N–H and O–H groups in total. The zero-order valence-corrected chi connectivity index (χ0v) is 33.0. The minimum Gasteiger partial charge on any atom is -0.344 e. The van der Waals surface area contributed by atoms with Gasteiger partial charge in [-0.1, -0.05) is 127 Å². The Hall–Kier alpha value is -7.88. The van der Waals surface area contributed by atoms with Crippen molar-refractivity contribution in [2.45, 2.75) is 0 Å². The first-order valence-electron chi connectivity index (χ1n) is 20.7. The molecule has 60 heavy (non-hydrogen) atoms. The molecule has 3 heteroatoms. The van der Waals surface area contributed by atoms with E-state index in [1.807, 2.05) is 0 Å². The van der Waals surface area contributed by atoms with Crippen molar-refractivity contribution in [3.63, 3.8) is 0 Å². The predicted octanol–water partition coefficient (Wildman–Crippen LogP) is 15.2. The summed E-state index contributed by atoms with van der Waals surface area (Å²) in [5.41, 5.74) is 14.4. The predicted molar refractivity (Wildman–Crippen MR) is 255 cm³/mol. The van der Waals surface area contributed by atoms with Gasteiger partial charge >= 0.3 is 0 Å². The average molecular weight is 764 g/mol. The molecule has 0 aliphatic heterocycles. The monoisotopic (exact) mass is 763 g/mol. The Kier molecular flexibility index (Phi) is 6.93. The van der Waals surface area contributed by atoms with Crippen LogP contribution >= 0.6 is 0 Å². The van der Waals surface area contributed by atoms with Crippen LogP contribution in [0.25, 0.3) is 121 Å². The maximum atomic E-state index is 2.44. The van der Waals surface area contributed by atoms with Crippen LogP contribution in [-0.4, -0.2) is 13.7 Å². The van der Waals surface area contributed by atoms with E-state index >= 15 is 0 Å². The van der Waals surface area contributed by atoms with Crippen LogP contribution < -0.4 is 0 Å². The molecule has 0 atom stereocenters. The fraction of sp³-hybridized carbons (Fsp3) is 0.0175. The Morgan fingerprint density at radius 2 is 0.867 bits per heavy atom. The number of nitrogens with zero attached hydrogens (tertiary/aromatic N) is 3. The highest BCUT2D eigenvalue weighted by Gasteiger charge is 2.20. The molecule has 0 aliphatic carbocycles. The molecule has 3 aromatic heterocycles. The minimum absolute atomic E-state index is 1.15. The second kappa shape index (κ2) is 12.6. The van der Waals surface area contributed by atoms with Gasteiger partial charge in [0, 0.05) is 61.8 Å². The maximum Gasteiger partial charge on any atom is 0.0547 e. The molecule has 0 amide bonds. The molecule has 3 heterocycles. The average Bonchev–Trinajstić information content (AvgIpc) is 3.92. The van der Waals surface area contributed by atoms with Gasteiger partial charge in [0.2, 0.25) is 0 Å². The molecule has 0 fully saturated rings. The Balaban J connectivity index is 1.08. The van der Waals surface area contributed by atoms with Gasteiger partial charge in [0.25, 0.3) is 0 Å². The Labute approximate surface area is 346 Å². The number of aromatic nitrogens is 3. The smallest absolute Gasteiger partial charge is 0.0547 e. The largest absolute Gasteiger partial charge is 0.344 e. The van der Waals surface area contributed by atoms with Crippen LogP contribution in [0.15, 0.2) is 206 Å². The summed E-state index contributed by atoms with van der Waals surface area (Å²) in [4.78, 5) is 0. The van der Waals surface area contributed by atoms with E-state index in [9.17, 15) is 0 Å². The molecule has 13 rings (SSSR count). The molecule has 0 saturated heterocycles. The lowest BCUT2D eigenvalue weighted by Crippen LogP contribution is -1.94. The van der Waals surface area contributed by atoms with Gasteiger partial charge in [-0.15, -0.1) is 0 Å². The third-order valence-electron chi connectivity index (χ3n) is 13.0. The standard InChI is InChI=1S/C57H37N3/c1-58-50-28-25-39(32-48(50)56-44-20-11-10-13-36(44)24-30-52(56)58)40-26-29-51-49(33-40)57-45(21-12-22-53(57)59(51)42-16-4-2-5-17-42)41-23-27-46-47-31-37-14-8-9-15-38(37)34-55(47)60(54(46)35-41)43-18-6-3-7-19-43/h2-35H,1H3. The molecule has 0 spiro atoms. The van der Waals surface area contributed by atoms with Crippen LogP contribution in [0, 0.1) is 0 Å². The van der Waals surface area contributed by atoms with E-state index in [4.69, 9.17) is 0 Å². The Morgan fingerprint density at radius 1 is 0.283 bits per heavy atom. The SMILES string of the molecule is Cn1c2ccc(-c3ccc4c(c3)c3c(-c5ccc6c7cc8ccccc8cc7n(-c7ccccc7)c6c5)cccc3n4-c3ccccc3)cc2c2c3ccccc3ccc21. The van der Waals surface area contributed by atoms with Gasteiger partial charge in [0.05, 0.1) is 22.1 Å². The maximum absolute atomic E-state index is 2.44. The van der Waals surface area contributed by atoms with Crippen molar-refractivity contribution in [3.8, 4) is 33.6 Å². The van der Waals surface area contributed by atoms with Crippen molar-refractivity contribution in [3.05, 3.63) is 206 Å². The summed E-state index contributed by atoms with van der Waals surface area (Å²) in [7, 11) is 2.18. The summed E-state index contributed by atoms with van der Waals surface area (Å²) in [5, 5.41) is 12.7. The van der Waals surface area contributed by atoms with E-state index in [2.05, 4.69) is 227 Å². The highest BCUT2D eigenvalue weighted by molar-refractivity contribution is 6.22. The summed E-state index contributed by atoms with van der Waals surface area (Å²) in [6, 6.07) is 76.2. The molecule has 13 aromatic rings. The third-order valence-corrected chi connectivity index (χ3v) is 13.0. The number of rotatable bonds is 4. The number of para-hydroxylation sites is 2. The molecule has 10 aromatic carbocycles. The first-order valence-corrected chi connectivity index (χ1v) is 20.7. The summed E-state index contributed by atoms with van der Waals surface area (Å²) >= 11 is 0. The van der Waals surface area contributed by atoms with E-state index in [1.165, 1.54) is 109 Å². The minimum atomic E-state index is 1.15. The lowest BCUT2D eigenvalue weighted by molar-refractivity contribution is 1.01. The van der Waals surface area contributed by atoms with Gasteiger partial charge in [-0.3, -0.25) is 0 Å². The molecule has 280 valence electrons. The van der Waals surface area contributed by atoms with Crippen molar-refractivity contribution in [1.82, 2.24) is 13.7 Å². The van der Waals surface area contributed by atoms with Crippen molar-refractivity contribution in [1.29, 1.82) is 0 Å². The first kappa shape index (κ1) is 33.1. The zero-order chi connectivity index (χ0) is 39.5. The van der Waals surface area contributed by atoms with Gasteiger partial charge < -0.3 is 13.7 Å². The van der Waals surface area contributed by atoms with Crippen molar-refractivity contribution in [2.75, 3.05) is 0 Å². The second-order valence-electron chi connectivity index (χ2n) is 16.2. The van der Waals surface area contributed by atoms with Crippen LogP contribution in [0.3, 0.4) is 0 Å². The third kappa shape index (κ3) is 4.72. The number of aryl methyl sites for hydroxylation is 1. The fourth-order valence-electron chi connectivity index (χ4n) is 10.2. The van der Waals surface area contributed by atoms with Crippen LogP contribution in [-0.2, 0) is 7.05 Å². The fourth-order valence-corrected chi connectivity index (χ4v) is 10.2. The highest BCUT2D eigenvalue weighted by atomic mass is 15.0. The van der Waals surface area contributed by atoms with E-state index < -0.39 is 0 Å². The van der Waals surface area contributed by atoms with Gasteiger partial charge in [-0.25, -0.2) is 0 Å². The summed E-state index contributed by atoms with van der Waals surface area (Å²) in [5.74, 6) is 0. The number of benzene rings is 10. The van der Waals surface area contributed by atoms with Crippen LogP contribution in [0.1, 0.15) is 0 Å². The second-order valence-corrected chi connectivity index (χ2v) is 16.2. The topological polar surface area (TPSA) is 14.8 Å². The van der Waals surface area contributed by atoms with Gasteiger partial charge in [-0.2, -0.15) is 0 Å². The lowest BCUT2D eigenvalue weighted by Gasteiger charge is -2.11. The van der Waals surface area contributed by atoms with E-state index in [0.29, 0.717) is 0 Å². The highest BCUT2D eigenvalue weighted by Crippen LogP contribution is 2.43. The molecule has 0 bridgehead atoms. The van der Waals surface area contributed by atoms with Gasteiger partial charge in [0.1, 0.15) is 0 Å². The number of fused-ring (bicyclic) bond motifs is 12.